The number of hydrogen-bond donors (Lipinski definition) is 6. The van der Waals surface area contributed by atoms with Crippen molar-refractivity contribution in [3.63, 3.8) is 0 Å². The molecule has 4 rings (SSSR count). The zero-order valence-corrected chi connectivity index (χ0v) is 16.8. The summed E-state index contributed by atoms with van der Waals surface area (Å²) in [6, 6.07) is 1.15. The number of nitrogens with one attached hydrogen (secondary N) is 2. The van der Waals surface area contributed by atoms with Crippen LogP contribution in [0.25, 0.3) is 11.2 Å². The van der Waals surface area contributed by atoms with Crippen LogP contribution in [0.2, 0.25) is 0 Å². The smallest absolute Gasteiger partial charge is 0.351 e. The third-order valence-corrected chi connectivity index (χ3v) is 4.28. The third kappa shape index (κ3) is 4.41. The quantitative estimate of drug-likeness (QED) is 0.267. The molecular weight excluding hydrogens is 446 g/mol. The summed E-state index contributed by atoms with van der Waals surface area (Å²) in [5.74, 6) is -3.54. The van der Waals surface area contributed by atoms with E-state index in [1.54, 1.807) is 0 Å². The molecule has 164 valence electrons. The first-order valence-electron chi connectivity index (χ1n) is 8.01. The Morgan fingerprint density at radius 2 is 2.07 bits per heavy atom. The van der Waals surface area contributed by atoms with Gasteiger partial charge in [0.25, 0.3) is 0 Å². The lowest BCUT2D eigenvalue weighted by Gasteiger charge is -2.20. The molecule has 0 aliphatic carbocycles. The first-order chi connectivity index (χ1) is 13.6. The van der Waals surface area contributed by atoms with Crippen LogP contribution in [-0.2, 0) is 4.74 Å². The third-order valence-electron chi connectivity index (χ3n) is 3.99. The zero-order valence-electron chi connectivity index (χ0n) is 15.0. The van der Waals surface area contributed by atoms with Gasteiger partial charge in [-0.1, -0.05) is 12.2 Å². The van der Waals surface area contributed by atoms with Gasteiger partial charge in [-0.15, -0.1) is 0 Å². The number of fused-ring (bicyclic) bond motifs is 1. The van der Waals surface area contributed by atoms with Crippen molar-refractivity contribution in [1.82, 2.24) is 29.5 Å². The number of imidazole rings is 1. The number of anilines is 2. The molecule has 16 heteroatoms. The van der Waals surface area contributed by atoms with Crippen molar-refractivity contribution in [2.75, 3.05) is 18.1 Å². The predicted octanol–water partition coefficient (Wildman–Crippen LogP) is -0.578. The lowest BCUT2D eigenvalue weighted by molar-refractivity contribution is -0.140. The van der Waals surface area contributed by atoms with Crippen molar-refractivity contribution in [2.24, 2.45) is 0 Å². The number of ether oxygens (including phenoxy) is 1. The summed E-state index contributed by atoms with van der Waals surface area (Å²) in [7, 11) is 0. The van der Waals surface area contributed by atoms with Crippen molar-refractivity contribution < 1.29 is 23.7 Å². The fourth-order valence-corrected chi connectivity index (χ4v) is 2.84. The Morgan fingerprint density at radius 3 is 2.67 bits per heavy atom. The number of nitrogens with two attached hydrogens (primary N) is 2. The van der Waals surface area contributed by atoms with Gasteiger partial charge < -0.3 is 36.4 Å². The highest BCUT2D eigenvalue weighted by Crippen LogP contribution is 2.41. The van der Waals surface area contributed by atoms with Gasteiger partial charge in [-0.3, -0.25) is 4.57 Å². The number of aliphatic hydroxyl groups excluding tert-OH is 2. The Labute approximate surface area is 178 Å². The number of nitrogens with zero attached hydrogens (tertiary/aromatic N) is 4. The molecule has 12 nitrogen and oxygen atoms in total. The first kappa shape index (κ1) is 23.6. The molecule has 0 saturated carbocycles. The second-order valence-electron chi connectivity index (χ2n) is 5.92. The topological polar surface area (TPSA) is 194 Å². The van der Waals surface area contributed by atoms with E-state index in [2.05, 4.69) is 24.9 Å². The number of aliphatic hydroxyl groups is 2. The molecule has 30 heavy (non-hydrogen) atoms. The normalized spacial score (nSPS) is 22.2. The van der Waals surface area contributed by atoms with Crippen LogP contribution < -0.4 is 17.2 Å². The molecule has 1 aliphatic heterocycles. The number of hydrogen-bond acceptors (Lipinski definition) is 10. The highest BCUT2D eigenvalue weighted by atomic mass is 32.1. The van der Waals surface area contributed by atoms with Crippen molar-refractivity contribution in [3.8, 4) is 0 Å². The van der Waals surface area contributed by atoms with E-state index >= 15 is 0 Å². The van der Waals surface area contributed by atoms with E-state index in [0.717, 1.165) is 12.3 Å². The zero-order chi connectivity index (χ0) is 21.3. The number of H-pyrrole nitrogens is 2. The molecule has 0 unspecified atom stereocenters. The van der Waals surface area contributed by atoms with Crippen LogP contribution in [0.3, 0.4) is 0 Å². The molecular formula is C14H18F2N8O4S2. The largest absolute Gasteiger partial charge is 0.394 e. The number of alkyl halides is 2. The van der Waals surface area contributed by atoms with Crippen molar-refractivity contribution in [3.05, 3.63) is 33.7 Å². The van der Waals surface area contributed by atoms with Gasteiger partial charge in [0.2, 0.25) is 12.2 Å². The van der Waals surface area contributed by atoms with E-state index in [0.29, 0.717) is 20.4 Å². The lowest BCUT2D eigenvalue weighted by Crippen LogP contribution is -2.41. The minimum atomic E-state index is -3.71. The van der Waals surface area contributed by atoms with Gasteiger partial charge in [-0.05, 0) is 6.07 Å². The van der Waals surface area contributed by atoms with Gasteiger partial charge in [0.05, 0.1) is 12.9 Å². The summed E-state index contributed by atoms with van der Waals surface area (Å²) in [5, 5.41) is 18.1. The van der Waals surface area contributed by atoms with Gasteiger partial charge in [0.1, 0.15) is 17.4 Å². The van der Waals surface area contributed by atoms with E-state index in [9.17, 15) is 18.7 Å². The van der Waals surface area contributed by atoms with Gasteiger partial charge in [0, 0.05) is 6.20 Å². The van der Waals surface area contributed by atoms with Crippen LogP contribution in [0.1, 0.15) is 6.23 Å². The minimum Gasteiger partial charge on any atom is -0.394 e. The molecule has 3 aromatic rings. The molecule has 4 heterocycles. The highest BCUT2D eigenvalue weighted by molar-refractivity contribution is 7.71. The Morgan fingerprint density at radius 1 is 1.37 bits per heavy atom. The van der Waals surface area contributed by atoms with E-state index in [4.69, 9.17) is 33.5 Å². The molecule has 1 fully saturated rings. The van der Waals surface area contributed by atoms with E-state index in [1.165, 1.54) is 6.33 Å². The van der Waals surface area contributed by atoms with Crippen LogP contribution in [0.4, 0.5) is 20.5 Å². The maximum atomic E-state index is 13.7. The Bertz CT molecular complexity index is 1140. The van der Waals surface area contributed by atoms with E-state index < -0.39 is 36.7 Å². The summed E-state index contributed by atoms with van der Waals surface area (Å²) >= 11 is 4.91. The van der Waals surface area contributed by atoms with Gasteiger partial charge in [-0.2, -0.15) is 27.3 Å². The molecule has 1 saturated heterocycles. The molecule has 3 atom stereocenters. The van der Waals surface area contributed by atoms with Crippen LogP contribution in [-0.4, -0.2) is 64.4 Å². The van der Waals surface area contributed by atoms with Crippen molar-refractivity contribution in [2.45, 2.75) is 24.4 Å². The molecule has 0 amide bonds. The maximum Gasteiger partial charge on any atom is 0.351 e. The summed E-state index contributed by atoms with van der Waals surface area (Å²) in [6.45, 7) is -0.787. The first-order valence-corrected chi connectivity index (χ1v) is 8.41. The monoisotopic (exact) mass is 464 g/mol. The average Bonchev–Trinajstić information content (AvgIpc) is 3.20. The van der Waals surface area contributed by atoms with Crippen LogP contribution in [0.5, 0.6) is 0 Å². The lowest BCUT2D eigenvalue weighted by atomic mass is 10.1. The van der Waals surface area contributed by atoms with Crippen molar-refractivity contribution >= 4 is 48.6 Å². The Balaban J connectivity index is 0.000000229. The second kappa shape index (κ2) is 9.00. The number of halogens is 2. The standard InChI is InChI=1S/C9H11F2N3O4.C5H5N5S.H2S/c10-9(11)6(16)4(3-15)18-7(9)14-2-1-5(12)13-8(14)17;6-5-9-3-2(4(11)10-5)7-1-8-3;/h1-2,4,6-7,15-16H,3H2,(H2,12,13,17);1H,(H4,6,7,8,9,10,11);1H2/t4-,6-,7-;;/m1../s1. The predicted molar refractivity (Wildman–Crippen MR) is 109 cm³/mol. The van der Waals surface area contributed by atoms with E-state index in [-0.39, 0.29) is 25.3 Å². The summed E-state index contributed by atoms with van der Waals surface area (Å²) in [5.41, 5.74) is 11.0. The fourth-order valence-electron chi connectivity index (χ4n) is 2.59. The van der Waals surface area contributed by atoms with Gasteiger partial charge in [0.15, 0.2) is 16.4 Å². The van der Waals surface area contributed by atoms with Gasteiger partial charge >= 0.3 is 11.6 Å². The van der Waals surface area contributed by atoms with Crippen LogP contribution in [0.15, 0.2) is 23.4 Å². The molecule has 0 radical (unpaired) electrons. The molecule has 8 N–H and O–H groups in total. The fraction of sp³-hybridized carbons (Fsp3) is 0.357. The number of nitrogen functional groups attached to an aromatic ring is 2. The number of aromatic nitrogens is 6. The summed E-state index contributed by atoms with van der Waals surface area (Å²) in [4.78, 5) is 28.1. The average molecular weight is 464 g/mol. The molecule has 0 spiro atoms. The summed E-state index contributed by atoms with van der Waals surface area (Å²) < 4.78 is 33.1. The SMILES string of the molecule is Nc1ccn([C@@H]2O[C@H](CO)[C@@H](O)C2(F)F)c(=O)n1.Nc1nc(=S)c2[nH]cnc2[nH]1.S. The molecule has 0 aromatic carbocycles. The Kier molecular flexibility index (Phi) is 7.09. The second-order valence-corrected chi connectivity index (χ2v) is 6.31. The van der Waals surface area contributed by atoms with Crippen LogP contribution >= 0.6 is 25.7 Å². The molecule has 0 bridgehead atoms. The Hall–Kier alpha value is -2.66. The van der Waals surface area contributed by atoms with Crippen LogP contribution in [0, 0.1) is 4.64 Å². The number of rotatable bonds is 2. The molecule has 3 aromatic heterocycles. The number of aromatic amines is 2. The molecule has 1 aliphatic rings. The minimum absolute atomic E-state index is 0. The van der Waals surface area contributed by atoms with E-state index in [1.807, 2.05) is 0 Å². The van der Waals surface area contributed by atoms with Crippen molar-refractivity contribution in [1.29, 1.82) is 0 Å². The summed E-state index contributed by atoms with van der Waals surface area (Å²) in [6.07, 6.45) is -3.15. The van der Waals surface area contributed by atoms with Gasteiger partial charge in [-0.25, -0.2) is 14.8 Å². The maximum absolute atomic E-state index is 13.7. The highest BCUT2D eigenvalue weighted by Gasteiger charge is 2.59.